The van der Waals surface area contributed by atoms with Gasteiger partial charge in [-0.25, -0.2) is 8.42 Å². The highest BCUT2D eigenvalue weighted by atomic mass is 35.5. The lowest BCUT2D eigenvalue weighted by Gasteiger charge is -2.30. The maximum atomic E-state index is 12.7. The molecule has 158 valence electrons. The van der Waals surface area contributed by atoms with Gasteiger partial charge in [-0.15, -0.1) is 0 Å². The highest BCUT2D eigenvalue weighted by molar-refractivity contribution is 7.89. The molecule has 1 saturated heterocycles. The molecule has 2 aromatic rings. The summed E-state index contributed by atoms with van der Waals surface area (Å²) in [6.07, 6.45) is 3.44. The summed E-state index contributed by atoms with van der Waals surface area (Å²) >= 11 is 6.18. The number of esters is 1. The van der Waals surface area contributed by atoms with E-state index < -0.39 is 21.9 Å². The van der Waals surface area contributed by atoms with Gasteiger partial charge in [-0.1, -0.05) is 11.6 Å². The molecule has 0 spiro atoms. The third-order valence-corrected chi connectivity index (χ3v) is 6.86. The number of hydrogen-bond acceptors (Lipinski definition) is 7. The molecule has 1 aliphatic rings. The Morgan fingerprint density at radius 2 is 2.10 bits per heavy atom. The standard InChI is InChI=1S/C20H20ClN3O5S/c1-2-28-18-11-14(12-22)10-17(21)19(18)29-20(25)15-5-8-24(9-6-15)30(26,27)16-4-3-7-23-13-16/h3-4,7,10-11,13,15H,2,5-6,8-9H2,1H3. The van der Waals surface area contributed by atoms with Crippen LogP contribution in [-0.2, 0) is 14.8 Å². The van der Waals surface area contributed by atoms with Gasteiger partial charge in [0, 0.05) is 31.5 Å². The van der Waals surface area contributed by atoms with Crippen LogP contribution in [-0.4, -0.2) is 43.4 Å². The topological polar surface area (TPSA) is 110 Å². The van der Waals surface area contributed by atoms with Gasteiger partial charge in [-0.05, 0) is 38.0 Å². The average molecular weight is 450 g/mol. The normalized spacial score (nSPS) is 15.4. The monoisotopic (exact) mass is 449 g/mol. The molecule has 0 radical (unpaired) electrons. The summed E-state index contributed by atoms with van der Waals surface area (Å²) < 4.78 is 37.7. The Bertz CT molecular complexity index is 1060. The van der Waals surface area contributed by atoms with Crippen LogP contribution in [0.1, 0.15) is 25.3 Å². The zero-order valence-electron chi connectivity index (χ0n) is 16.2. The molecule has 0 amide bonds. The van der Waals surface area contributed by atoms with Crippen LogP contribution in [0.4, 0.5) is 0 Å². The lowest BCUT2D eigenvalue weighted by atomic mass is 9.98. The molecule has 0 N–H and O–H groups in total. The van der Waals surface area contributed by atoms with Crippen molar-refractivity contribution in [3.05, 3.63) is 47.2 Å². The van der Waals surface area contributed by atoms with Gasteiger partial charge >= 0.3 is 5.97 Å². The molecule has 10 heteroatoms. The number of pyridine rings is 1. The molecule has 1 aliphatic heterocycles. The second kappa shape index (κ2) is 9.43. The van der Waals surface area contributed by atoms with Gasteiger partial charge in [0.1, 0.15) is 4.90 Å². The van der Waals surface area contributed by atoms with Crippen LogP contribution in [0.5, 0.6) is 11.5 Å². The van der Waals surface area contributed by atoms with Crippen LogP contribution in [0.15, 0.2) is 41.6 Å². The van der Waals surface area contributed by atoms with Gasteiger partial charge < -0.3 is 9.47 Å². The number of carbonyl (C=O) groups is 1. The number of sulfonamides is 1. The maximum absolute atomic E-state index is 12.7. The van der Waals surface area contributed by atoms with Crippen molar-refractivity contribution in [2.24, 2.45) is 5.92 Å². The zero-order chi connectivity index (χ0) is 21.7. The molecular formula is C20H20ClN3O5S. The van der Waals surface area contributed by atoms with Gasteiger partial charge in [0.2, 0.25) is 10.0 Å². The van der Waals surface area contributed by atoms with E-state index in [0.717, 1.165) is 0 Å². The quantitative estimate of drug-likeness (QED) is 0.492. The highest BCUT2D eigenvalue weighted by Crippen LogP contribution is 2.37. The Labute approximate surface area is 180 Å². The van der Waals surface area contributed by atoms with E-state index >= 15 is 0 Å². The lowest BCUT2D eigenvalue weighted by molar-refractivity contribution is -0.140. The third kappa shape index (κ3) is 4.73. The van der Waals surface area contributed by atoms with Gasteiger partial charge in [-0.3, -0.25) is 9.78 Å². The van der Waals surface area contributed by atoms with Crippen molar-refractivity contribution in [3.63, 3.8) is 0 Å². The van der Waals surface area contributed by atoms with Crippen molar-refractivity contribution in [1.29, 1.82) is 5.26 Å². The molecule has 0 unspecified atom stereocenters. The third-order valence-electron chi connectivity index (χ3n) is 4.70. The minimum Gasteiger partial charge on any atom is -0.490 e. The second-order valence-corrected chi connectivity index (χ2v) is 8.96. The van der Waals surface area contributed by atoms with Crippen LogP contribution in [0, 0.1) is 17.2 Å². The first-order chi connectivity index (χ1) is 14.4. The number of hydrogen-bond donors (Lipinski definition) is 0. The zero-order valence-corrected chi connectivity index (χ0v) is 17.8. The molecule has 2 heterocycles. The van der Waals surface area contributed by atoms with Crippen LogP contribution in [0.25, 0.3) is 0 Å². The molecule has 30 heavy (non-hydrogen) atoms. The summed E-state index contributed by atoms with van der Waals surface area (Å²) in [6.45, 7) is 2.45. The molecule has 0 saturated carbocycles. The number of ether oxygens (including phenoxy) is 2. The van der Waals surface area contributed by atoms with Crippen LogP contribution < -0.4 is 9.47 Å². The first-order valence-electron chi connectivity index (χ1n) is 9.35. The predicted molar refractivity (Wildman–Crippen MR) is 109 cm³/mol. The fourth-order valence-corrected chi connectivity index (χ4v) is 4.84. The maximum Gasteiger partial charge on any atom is 0.314 e. The lowest BCUT2D eigenvalue weighted by Crippen LogP contribution is -2.41. The largest absolute Gasteiger partial charge is 0.490 e. The van der Waals surface area contributed by atoms with Crippen molar-refractivity contribution in [2.45, 2.75) is 24.7 Å². The minimum absolute atomic E-state index is 0.0629. The average Bonchev–Trinajstić information content (AvgIpc) is 2.76. The Hall–Kier alpha value is -2.67. The fourth-order valence-electron chi connectivity index (χ4n) is 3.16. The SMILES string of the molecule is CCOc1cc(C#N)cc(Cl)c1OC(=O)C1CCN(S(=O)(=O)c2cccnc2)CC1. The Balaban J connectivity index is 1.69. The summed E-state index contributed by atoms with van der Waals surface area (Å²) in [4.78, 5) is 16.7. The van der Waals surface area contributed by atoms with Gasteiger partial charge in [0.25, 0.3) is 0 Å². The molecule has 0 aliphatic carbocycles. The van der Waals surface area contributed by atoms with E-state index in [1.807, 2.05) is 6.07 Å². The van der Waals surface area contributed by atoms with E-state index in [1.165, 1.54) is 34.9 Å². The summed E-state index contributed by atoms with van der Waals surface area (Å²) in [5, 5.41) is 9.17. The summed E-state index contributed by atoms with van der Waals surface area (Å²) in [6, 6.07) is 7.88. The van der Waals surface area contributed by atoms with Gasteiger partial charge in [0.05, 0.1) is 29.2 Å². The number of benzene rings is 1. The van der Waals surface area contributed by atoms with E-state index in [4.69, 9.17) is 26.3 Å². The van der Waals surface area contributed by atoms with Crippen molar-refractivity contribution >= 4 is 27.6 Å². The second-order valence-electron chi connectivity index (χ2n) is 6.62. The first kappa shape index (κ1) is 22.0. The summed E-state index contributed by atoms with van der Waals surface area (Å²) in [5.74, 6) is -0.716. The van der Waals surface area contributed by atoms with Crippen LogP contribution in [0.3, 0.4) is 0 Å². The van der Waals surface area contributed by atoms with Crippen molar-refractivity contribution in [2.75, 3.05) is 19.7 Å². The highest BCUT2D eigenvalue weighted by Gasteiger charge is 2.33. The van der Waals surface area contributed by atoms with Crippen molar-refractivity contribution < 1.29 is 22.7 Å². The van der Waals surface area contributed by atoms with Crippen molar-refractivity contribution in [3.8, 4) is 17.6 Å². The number of nitriles is 1. The molecule has 0 atom stereocenters. The van der Waals surface area contributed by atoms with Gasteiger partial charge in [-0.2, -0.15) is 9.57 Å². The minimum atomic E-state index is -3.65. The summed E-state index contributed by atoms with van der Waals surface area (Å²) in [5.41, 5.74) is 0.289. The van der Waals surface area contributed by atoms with Gasteiger partial charge in [0.15, 0.2) is 11.5 Å². The number of piperidine rings is 1. The molecule has 8 nitrogen and oxygen atoms in total. The molecule has 1 aromatic carbocycles. The molecule has 1 aromatic heterocycles. The summed E-state index contributed by atoms with van der Waals surface area (Å²) in [7, 11) is -3.65. The van der Waals surface area contributed by atoms with E-state index in [1.54, 1.807) is 13.0 Å². The Morgan fingerprint density at radius 1 is 1.37 bits per heavy atom. The Kier molecular flexibility index (Phi) is 6.92. The van der Waals surface area contributed by atoms with Crippen molar-refractivity contribution in [1.82, 2.24) is 9.29 Å². The van der Waals surface area contributed by atoms with E-state index in [2.05, 4.69) is 4.98 Å². The van der Waals surface area contributed by atoms with Crippen LogP contribution >= 0.6 is 11.6 Å². The van der Waals surface area contributed by atoms with Crippen LogP contribution in [0.2, 0.25) is 5.02 Å². The molecule has 3 rings (SSSR count). The Morgan fingerprint density at radius 3 is 2.70 bits per heavy atom. The number of nitrogens with zero attached hydrogens (tertiary/aromatic N) is 3. The molecular weight excluding hydrogens is 430 g/mol. The molecule has 0 bridgehead atoms. The van der Waals surface area contributed by atoms with E-state index in [9.17, 15) is 13.2 Å². The smallest absolute Gasteiger partial charge is 0.314 e. The number of halogens is 1. The van der Waals surface area contributed by atoms with E-state index in [-0.39, 0.29) is 40.1 Å². The number of rotatable bonds is 6. The number of aromatic nitrogens is 1. The molecule has 1 fully saturated rings. The van der Waals surface area contributed by atoms with E-state index in [0.29, 0.717) is 19.4 Å². The number of carbonyl (C=O) groups excluding carboxylic acids is 1. The predicted octanol–water partition coefficient (Wildman–Crippen LogP) is 3.01. The fraction of sp³-hybridized carbons (Fsp3) is 0.350. The first-order valence-corrected chi connectivity index (χ1v) is 11.2.